The van der Waals surface area contributed by atoms with Crippen LogP contribution in [0.4, 0.5) is 0 Å². The van der Waals surface area contributed by atoms with Gasteiger partial charge in [0.15, 0.2) is 0 Å². The zero-order chi connectivity index (χ0) is 20.3. The molecule has 0 amide bonds. The molecule has 0 bridgehead atoms. The van der Waals surface area contributed by atoms with Crippen LogP contribution in [0.5, 0.6) is 0 Å². The highest BCUT2D eigenvalue weighted by molar-refractivity contribution is 4.86. The lowest BCUT2D eigenvalue weighted by Gasteiger charge is -2.41. The van der Waals surface area contributed by atoms with Gasteiger partial charge in [0.05, 0.1) is 0 Å². The van der Waals surface area contributed by atoms with E-state index in [1.165, 1.54) is 51.4 Å². The highest BCUT2D eigenvalue weighted by Gasteiger charge is 2.34. The number of hydrogen-bond donors (Lipinski definition) is 0. The first kappa shape index (κ1) is 23.7. The summed E-state index contributed by atoms with van der Waals surface area (Å²) in [5, 5.41) is 0. The van der Waals surface area contributed by atoms with Gasteiger partial charge in [-0.15, -0.1) is 0 Å². The van der Waals surface area contributed by atoms with Crippen molar-refractivity contribution in [3.8, 4) is 0 Å². The molecule has 29 heavy (non-hydrogen) atoms. The number of hydrogen-bond acceptors (Lipinski definition) is 0. The van der Waals surface area contributed by atoms with Crippen molar-refractivity contribution in [2.45, 2.75) is 149 Å². The molecule has 170 valence electrons. The minimum atomic E-state index is 1.09. The topological polar surface area (TPSA) is 0 Å². The summed E-state index contributed by atoms with van der Waals surface area (Å²) in [4.78, 5) is 0. The van der Waals surface area contributed by atoms with Crippen LogP contribution < -0.4 is 0 Å². The molecule has 0 heterocycles. The second-order valence-corrected chi connectivity index (χ2v) is 11.6. The quantitative estimate of drug-likeness (QED) is 0.301. The maximum atomic E-state index is 2.36. The van der Waals surface area contributed by atoms with Crippen molar-refractivity contribution in [1.29, 1.82) is 0 Å². The van der Waals surface area contributed by atoms with Crippen LogP contribution in [-0.2, 0) is 0 Å². The average Bonchev–Trinajstić information content (AvgIpc) is 2.78. The summed E-state index contributed by atoms with van der Waals surface area (Å²) in [6, 6.07) is 0. The summed E-state index contributed by atoms with van der Waals surface area (Å²) in [5.74, 6) is 6.60. The Morgan fingerprint density at radius 1 is 0.448 bits per heavy atom. The van der Waals surface area contributed by atoms with Crippen molar-refractivity contribution in [2.75, 3.05) is 0 Å². The van der Waals surface area contributed by atoms with Gasteiger partial charge < -0.3 is 0 Å². The summed E-state index contributed by atoms with van der Waals surface area (Å²) in [5.41, 5.74) is 0. The third-order valence-electron chi connectivity index (χ3n) is 9.55. The lowest BCUT2D eigenvalue weighted by molar-refractivity contribution is 0.0981. The Morgan fingerprint density at radius 3 is 1.66 bits per heavy atom. The van der Waals surface area contributed by atoms with Crippen LogP contribution in [0.15, 0.2) is 0 Å². The monoisotopic (exact) mass is 402 g/mol. The van der Waals surface area contributed by atoms with Gasteiger partial charge in [-0.25, -0.2) is 0 Å². The van der Waals surface area contributed by atoms with Crippen LogP contribution in [0.25, 0.3) is 0 Å². The van der Waals surface area contributed by atoms with Gasteiger partial charge in [0, 0.05) is 0 Å². The van der Waals surface area contributed by atoms with Gasteiger partial charge >= 0.3 is 0 Å². The van der Waals surface area contributed by atoms with Gasteiger partial charge in [-0.3, -0.25) is 0 Å². The summed E-state index contributed by atoms with van der Waals surface area (Å²) in [6.07, 6.45) is 32.2. The first-order valence-electron chi connectivity index (χ1n) is 14.3. The van der Waals surface area contributed by atoms with Crippen LogP contribution in [0.3, 0.4) is 0 Å². The molecular weight excluding hydrogens is 348 g/mol. The first-order valence-corrected chi connectivity index (χ1v) is 14.3. The van der Waals surface area contributed by atoms with E-state index in [0.717, 1.165) is 35.5 Å². The van der Waals surface area contributed by atoms with E-state index >= 15 is 0 Å². The molecule has 0 N–H and O–H groups in total. The Balaban J connectivity index is 1.30. The van der Waals surface area contributed by atoms with E-state index in [-0.39, 0.29) is 0 Å². The molecule has 2 atom stereocenters. The van der Waals surface area contributed by atoms with Gasteiger partial charge in [-0.05, 0) is 80.5 Å². The van der Waals surface area contributed by atoms with Crippen LogP contribution in [-0.4, -0.2) is 0 Å². The minimum Gasteiger partial charge on any atom is -0.0654 e. The molecule has 0 unspecified atom stereocenters. The van der Waals surface area contributed by atoms with E-state index < -0.39 is 0 Å². The van der Waals surface area contributed by atoms with E-state index in [1.54, 1.807) is 83.5 Å². The molecule has 0 spiro atoms. The van der Waals surface area contributed by atoms with Crippen molar-refractivity contribution >= 4 is 0 Å². The molecule has 0 heteroatoms. The maximum Gasteiger partial charge on any atom is -0.0383 e. The molecular formula is C29H54. The molecule has 3 aliphatic rings. The Labute approximate surface area is 184 Å². The molecule has 0 radical (unpaired) electrons. The zero-order valence-electron chi connectivity index (χ0n) is 20.3. The lowest BCUT2D eigenvalue weighted by Crippen LogP contribution is -2.30. The van der Waals surface area contributed by atoms with Crippen molar-refractivity contribution < 1.29 is 0 Å². The fourth-order valence-electron chi connectivity index (χ4n) is 7.59. The molecule has 3 fully saturated rings. The van der Waals surface area contributed by atoms with E-state index in [0.29, 0.717) is 0 Å². The fourth-order valence-corrected chi connectivity index (χ4v) is 7.59. The molecule has 3 saturated carbocycles. The SMILES string of the molecule is CCCCCCCC1CCC(C2CCC([C@@H]3CCC[C@H](CCCC)C3)CC2)CC1. The minimum absolute atomic E-state index is 1.09. The Kier molecular flexibility index (Phi) is 10.9. The van der Waals surface area contributed by atoms with E-state index in [4.69, 9.17) is 0 Å². The fraction of sp³-hybridized carbons (Fsp3) is 1.00. The van der Waals surface area contributed by atoms with Crippen LogP contribution in [0.1, 0.15) is 149 Å². The zero-order valence-corrected chi connectivity index (χ0v) is 20.3. The van der Waals surface area contributed by atoms with Crippen LogP contribution >= 0.6 is 0 Å². The number of rotatable bonds is 11. The second-order valence-electron chi connectivity index (χ2n) is 11.6. The van der Waals surface area contributed by atoms with E-state index in [2.05, 4.69) is 13.8 Å². The summed E-state index contributed by atoms with van der Waals surface area (Å²) >= 11 is 0. The van der Waals surface area contributed by atoms with Gasteiger partial charge in [-0.1, -0.05) is 104 Å². The van der Waals surface area contributed by atoms with E-state index in [9.17, 15) is 0 Å². The Morgan fingerprint density at radius 2 is 1.00 bits per heavy atom. The molecule has 0 aliphatic heterocycles. The average molecular weight is 403 g/mol. The Hall–Kier alpha value is 0. The van der Waals surface area contributed by atoms with Crippen LogP contribution in [0, 0.1) is 35.5 Å². The molecule has 0 saturated heterocycles. The van der Waals surface area contributed by atoms with Crippen molar-refractivity contribution in [2.24, 2.45) is 35.5 Å². The van der Waals surface area contributed by atoms with Crippen molar-refractivity contribution in [3.05, 3.63) is 0 Å². The molecule has 0 aromatic heterocycles. The summed E-state index contributed by atoms with van der Waals surface area (Å²) in [6.45, 7) is 4.69. The normalized spacial score (nSPS) is 36.2. The molecule has 3 rings (SSSR count). The molecule has 0 nitrogen and oxygen atoms in total. The third-order valence-corrected chi connectivity index (χ3v) is 9.55. The molecule has 3 aliphatic carbocycles. The third kappa shape index (κ3) is 7.88. The van der Waals surface area contributed by atoms with Gasteiger partial charge in [0.2, 0.25) is 0 Å². The van der Waals surface area contributed by atoms with E-state index in [1.807, 2.05) is 0 Å². The number of unbranched alkanes of at least 4 members (excludes halogenated alkanes) is 5. The summed E-state index contributed by atoms with van der Waals surface area (Å²) in [7, 11) is 0. The highest BCUT2D eigenvalue weighted by atomic mass is 14.4. The molecule has 0 aromatic carbocycles. The maximum absolute atomic E-state index is 2.36. The van der Waals surface area contributed by atoms with Gasteiger partial charge in [-0.2, -0.15) is 0 Å². The van der Waals surface area contributed by atoms with Crippen molar-refractivity contribution in [3.63, 3.8) is 0 Å². The molecule has 0 aromatic rings. The van der Waals surface area contributed by atoms with Gasteiger partial charge in [0.1, 0.15) is 0 Å². The lowest BCUT2D eigenvalue weighted by atomic mass is 9.64. The predicted octanol–water partition coefficient (Wildman–Crippen LogP) is 9.96. The highest BCUT2D eigenvalue weighted by Crippen LogP contribution is 2.46. The largest absolute Gasteiger partial charge is 0.0654 e. The van der Waals surface area contributed by atoms with Crippen LogP contribution in [0.2, 0.25) is 0 Å². The van der Waals surface area contributed by atoms with Gasteiger partial charge in [0.25, 0.3) is 0 Å². The first-order chi connectivity index (χ1) is 14.3. The second kappa shape index (κ2) is 13.4. The Bertz CT molecular complexity index is 396. The van der Waals surface area contributed by atoms with Crippen molar-refractivity contribution in [1.82, 2.24) is 0 Å². The summed E-state index contributed by atoms with van der Waals surface area (Å²) < 4.78 is 0. The standard InChI is InChI=1S/C29H54/c1-3-5-7-8-9-12-24-15-17-26(18-16-24)27-19-21-28(22-20-27)29-14-10-13-25(23-29)11-6-4-2/h24-29H,3-23H2,1-2H3/t24?,25-,26?,27?,28?,29+/m0/s1. The smallest absolute Gasteiger partial charge is 0.0383 e. The predicted molar refractivity (Wildman–Crippen MR) is 129 cm³/mol.